The zero-order valence-corrected chi connectivity index (χ0v) is 4.99. The molecule has 0 aliphatic carbocycles. The second-order valence-corrected chi connectivity index (χ2v) is 1.46. The van der Waals surface area contributed by atoms with Crippen LogP contribution in [0, 0.1) is 0 Å². The van der Waals surface area contributed by atoms with Gasteiger partial charge in [0.1, 0.15) is 0 Å². The summed E-state index contributed by atoms with van der Waals surface area (Å²) in [6, 6.07) is 0. The van der Waals surface area contributed by atoms with E-state index in [1.54, 1.807) is 0 Å². The second kappa shape index (κ2) is 5.77. The van der Waals surface area contributed by atoms with E-state index in [4.69, 9.17) is 11.6 Å². The Morgan fingerprint density at radius 3 is 2.57 bits per heavy atom. The van der Waals surface area contributed by atoms with Gasteiger partial charge in [-0.05, 0) is 6.42 Å². The van der Waals surface area contributed by atoms with Crippen molar-refractivity contribution in [3.8, 4) is 0 Å². The first-order chi connectivity index (χ1) is 3.41. The van der Waals surface area contributed by atoms with Gasteiger partial charge in [0.2, 0.25) is 0 Å². The third kappa shape index (κ3) is 5.77. The fraction of sp³-hybridized carbons (Fsp3) is 0.333. The molecule has 0 radical (unpaired) electrons. The van der Waals surface area contributed by atoms with Crippen LogP contribution in [0.25, 0.3) is 0 Å². The summed E-state index contributed by atoms with van der Waals surface area (Å²) in [6.45, 7) is 3.54. The van der Waals surface area contributed by atoms with E-state index in [0.717, 1.165) is 6.42 Å². The minimum Gasteiger partial charge on any atom is -0.122 e. The smallest absolute Gasteiger partial charge is 0.0404 e. The van der Waals surface area contributed by atoms with Gasteiger partial charge in [-0.2, -0.15) is 0 Å². The van der Waals surface area contributed by atoms with Crippen molar-refractivity contribution in [2.45, 2.75) is 6.42 Å². The minimum atomic E-state index is 0.605. The van der Waals surface area contributed by atoms with Crippen molar-refractivity contribution >= 4 is 11.6 Å². The lowest BCUT2D eigenvalue weighted by Gasteiger charge is -1.74. The molecule has 40 valence electrons. The van der Waals surface area contributed by atoms with Crippen LogP contribution < -0.4 is 0 Å². The Morgan fingerprint density at radius 1 is 1.43 bits per heavy atom. The van der Waals surface area contributed by atoms with E-state index in [-0.39, 0.29) is 0 Å². The Bertz CT molecular complexity index is 64.6. The topological polar surface area (TPSA) is 0 Å². The third-order valence-electron chi connectivity index (χ3n) is 0.559. The Kier molecular flexibility index (Phi) is 5.58. The van der Waals surface area contributed by atoms with E-state index in [1.807, 2.05) is 18.2 Å². The molecule has 0 rings (SSSR count). The fourth-order valence-corrected chi connectivity index (χ4v) is 0.381. The van der Waals surface area contributed by atoms with Crippen LogP contribution in [0.2, 0.25) is 0 Å². The molecule has 0 unspecified atom stereocenters. The van der Waals surface area contributed by atoms with Crippen molar-refractivity contribution in [3.63, 3.8) is 0 Å². The zero-order valence-electron chi connectivity index (χ0n) is 4.23. The van der Waals surface area contributed by atoms with Gasteiger partial charge in [-0.25, -0.2) is 0 Å². The highest BCUT2D eigenvalue weighted by atomic mass is 35.5. The largest absolute Gasteiger partial charge is 0.122 e. The highest BCUT2D eigenvalue weighted by molar-refractivity contribution is 6.18. The molecule has 0 spiro atoms. The molecule has 0 heterocycles. The van der Waals surface area contributed by atoms with Gasteiger partial charge >= 0.3 is 0 Å². The van der Waals surface area contributed by atoms with Gasteiger partial charge in [-0.3, -0.25) is 0 Å². The van der Waals surface area contributed by atoms with Crippen molar-refractivity contribution in [1.29, 1.82) is 0 Å². The number of alkyl halides is 1. The lowest BCUT2D eigenvalue weighted by atomic mass is 10.4. The van der Waals surface area contributed by atoms with Crippen LogP contribution in [0.1, 0.15) is 6.42 Å². The maximum Gasteiger partial charge on any atom is 0.0404 e. The van der Waals surface area contributed by atoms with Gasteiger partial charge in [-0.1, -0.05) is 18.2 Å². The van der Waals surface area contributed by atoms with Crippen LogP contribution >= 0.6 is 11.6 Å². The van der Waals surface area contributed by atoms with Crippen LogP contribution in [-0.2, 0) is 0 Å². The van der Waals surface area contributed by atoms with Crippen molar-refractivity contribution in [3.05, 3.63) is 24.8 Å². The van der Waals surface area contributed by atoms with E-state index in [2.05, 4.69) is 6.58 Å². The van der Waals surface area contributed by atoms with Crippen LogP contribution in [0.15, 0.2) is 24.8 Å². The Morgan fingerprint density at radius 2 is 2.14 bits per heavy atom. The first-order valence-corrected chi connectivity index (χ1v) is 2.77. The first-order valence-electron chi connectivity index (χ1n) is 2.23. The molecule has 7 heavy (non-hydrogen) atoms. The Labute approximate surface area is 49.5 Å². The van der Waals surface area contributed by atoms with E-state index < -0.39 is 0 Å². The third-order valence-corrected chi connectivity index (χ3v) is 0.737. The molecule has 0 saturated heterocycles. The molecule has 0 aliphatic rings. The number of hydrogen-bond donors (Lipinski definition) is 0. The van der Waals surface area contributed by atoms with Crippen LogP contribution in [0.3, 0.4) is 0 Å². The molecule has 0 aromatic carbocycles. The van der Waals surface area contributed by atoms with Crippen LogP contribution in [0.5, 0.6) is 0 Å². The van der Waals surface area contributed by atoms with Crippen molar-refractivity contribution in [1.82, 2.24) is 0 Å². The van der Waals surface area contributed by atoms with Gasteiger partial charge in [-0.15, -0.1) is 18.2 Å². The molecule has 0 bridgehead atoms. The van der Waals surface area contributed by atoms with Crippen LogP contribution in [-0.4, -0.2) is 5.88 Å². The van der Waals surface area contributed by atoms with Gasteiger partial charge in [0, 0.05) is 5.88 Å². The number of hydrogen-bond acceptors (Lipinski definition) is 0. The highest BCUT2D eigenvalue weighted by Crippen LogP contribution is 1.83. The second-order valence-electron chi connectivity index (χ2n) is 1.15. The Hall–Kier alpha value is -0.230. The molecule has 0 N–H and O–H groups in total. The number of allylic oxidation sites excluding steroid dienone is 3. The standard InChI is InChI=1S/C6H9Cl/c1-2-3-4-5-6-7/h2,4-5H,1,3,6H2/b5-4+. The summed E-state index contributed by atoms with van der Waals surface area (Å²) in [5, 5.41) is 0. The molecule has 0 aliphatic heterocycles. The maximum absolute atomic E-state index is 5.32. The lowest BCUT2D eigenvalue weighted by Crippen LogP contribution is -1.58. The summed E-state index contributed by atoms with van der Waals surface area (Å²) in [4.78, 5) is 0. The fourth-order valence-electron chi connectivity index (χ4n) is 0.255. The SMILES string of the molecule is C=CC/C=C/CCl. The zero-order chi connectivity index (χ0) is 5.54. The molecule has 0 aromatic rings. The predicted octanol–water partition coefficient (Wildman–Crippen LogP) is 2.36. The molecular formula is C6H9Cl. The van der Waals surface area contributed by atoms with Gasteiger partial charge < -0.3 is 0 Å². The average Bonchev–Trinajstić information content (AvgIpc) is 1.69. The van der Waals surface area contributed by atoms with E-state index in [1.165, 1.54) is 0 Å². The normalized spacial score (nSPS) is 9.86. The molecule has 0 atom stereocenters. The number of rotatable bonds is 3. The molecule has 0 aromatic heterocycles. The van der Waals surface area contributed by atoms with Crippen LogP contribution in [0.4, 0.5) is 0 Å². The summed E-state index contributed by atoms with van der Waals surface area (Å²) >= 11 is 5.32. The number of halogens is 1. The Balaban J connectivity index is 2.92. The predicted molar refractivity (Wildman–Crippen MR) is 34.7 cm³/mol. The van der Waals surface area contributed by atoms with Crippen molar-refractivity contribution in [2.75, 3.05) is 5.88 Å². The highest BCUT2D eigenvalue weighted by Gasteiger charge is 1.64. The summed E-state index contributed by atoms with van der Waals surface area (Å²) < 4.78 is 0. The summed E-state index contributed by atoms with van der Waals surface area (Å²) in [6.07, 6.45) is 6.65. The molecule has 0 fully saturated rings. The van der Waals surface area contributed by atoms with Crippen molar-refractivity contribution in [2.24, 2.45) is 0 Å². The summed E-state index contributed by atoms with van der Waals surface area (Å²) in [5.41, 5.74) is 0. The van der Waals surface area contributed by atoms with Gasteiger partial charge in [0.05, 0.1) is 0 Å². The quantitative estimate of drug-likeness (QED) is 0.392. The van der Waals surface area contributed by atoms with E-state index in [0.29, 0.717) is 5.88 Å². The lowest BCUT2D eigenvalue weighted by molar-refractivity contribution is 1.39. The van der Waals surface area contributed by atoms with Gasteiger partial charge in [0.15, 0.2) is 0 Å². The van der Waals surface area contributed by atoms with E-state index in [9.17, 15) is 0 Å². The molecule has 0 saturated carbocycles. The molecule has 1 heteroatoms. The average molecular weight is 117 g/mol. The summed E-state index contributed by atoms with van der Waals surface area (Å²) in [5.74, 6) is 0.605. The van der Waals surface area contributed by atoms with Crippen molar-refractivity contribution < 1.29 is 0 Å². The first kappa shape index (κ1) is 6.77. The molecular weight excluding hydrogens is 108 g/mol. The molecule has 0 amide bonds. The maximum atomic E-state index is 5.32. The summed E-state index contributed by atoms with van der Waals surface area (Å²) in [7, 11) is 0. The molecule has 0 nitrogen and oxygen atoms in total. The monoisotopic (exact) mass is 116 g/mol. The minimum absolute atomic E-state index is 0.605. The van der Waals surface area contributed by atoms with E-state index >= 15 is 0 Å². The van der Waals surface area contributed by atoms with Gasteiger partial charge in [0.25, 0.3) is 0 Å².